The van der Waals surface area contributed by atoms with E-state index in [0.29, 0.717) is 13.0 Å². The highest BCUT2D eigenvalue weighted by Gasteiger charge is 2.63. The van der Waals surface area contributed by atoms with Gasteiger partial charge in [0.05, 0.1) is 6.07 Å². The van der Waals surface area contributed by atoms with E-state index in [1.165, 1.54) is 4.90 Å². The minimum Gasteiger partial charge on any atom is -0.481 e. The number of carbonyl (C=O) groups is 1. The van der Waals surface area contributed by atoms with E-state index in [1.54, 1.807) is 0 Å². The number of halogens is 3. The second kappa shape index (κ2) is 4.92. The summed E-state index contributed by atoms with van der Waals surface area (Å²) in [4.78, 5) is 12.3. The van der Waals surface area contributed by atoms with Crippen LogP contribution >= 0.6 is 0 Å². The van der Waals surface area contributed by atoms with E-state index >= 15 is 0 Å². The van der Waals surface area contributed by atoms with Gasteiger partial charge in [0.2, 0.25) is 0 Å². The number of carboxylic acid groups (broad SMARTS) is 1. The van der Waals surface area contributed by atoms with E-state index in [2.05, 4.69) is 0 Å². The Morgan fingerprint density at radius 3 is 2.59 bits per heavy atom. The van der Waals surface area contributed by atoms with E-state index < -0.39 is 30.5 Å². The van der Waals surface area contributed by atoms with E-state index in [9.17, 15) is 18.0 Å². The first kappa shape index (κ1) is 13.8. The molecule has 0 saturated carbocycles. The Bertz CT molecular complexity index is 337. The molecule has 1 aliphatic rings. The summed E-state index contributed by atoms with van der Waals surface area (Å²) in [6.45, 7) is -0.0762. The number of rotatable bonds is 4. The first-order valence-corrected chi connectivity index (χ1v) is 5.23. The third-order valence-corrected chi connectivity index (χ3v) is 3.06. The van der Waals surface area contributed by atoms with Gasteiger partial charge in [0.15, 0.2) is 5.41 Å². The molecule has 96 valence electrons. The molecule has 0 spiro atoms. The lowest BCUT2D eigenvalue weighted by atomic mass is 9.86. The zero-order chi connectivity index (χ0) is 13.1. The maximum absolute atomic E-state index is 12.8. The van der Waals surface area contributed by atoms with Crippen molar-refractivity contribution in [3.8, 4) is 6.07 Å². The quantitative estimate of drug-likeness (QED) is 0.770. The van der Waals surface area contributed by atoms with Gasteiger partial charge in [-0.3, -0.25) is 4.79 Å². The lowest BCUT2D eigenvalue weighted by Crippen LogP contribution is -2.47. The van der Waals surface area contributed by atoms with Gasteiger partial charge in [-0.25, -0.2) is 0 Å². The molecule has 1 N–H and O–H groups in total. The maximum Gasteiger partial charge on any atom is 0.406 e. The molecule has 1 rings (SSSR count). The SMILES string of the molecule is N#CCCCN1CCC(C(=O)O)(C(F)(F)F)C1. The molecule has 1 heterocycles. The molecule has 0 amide bonds. The number of likely N-dealkylation sites (tertiary alicyclic amines) is 1. The van der Waals surface area contributed by atoms with E-state index in [1.807, 2.05) is 6.07 Å². The standard InChI is InChI=1S/C10H13F3N2O2/c11-10(12,13)9(8(16)17)3-6-15(7-9)5-2-1-4-14/h1-3,5-7H2,(H,16,17). The number of hydrogen-bond acceptors (Lipinski definition) is 3. The highest BCUT2D eigenvalue weighted by molar-refractivity contribution is 5.76. The summed E-state index contributed by atoms with van der Waals surface area (Å²) in [7, 11) is 0. The first-order valence-electron chi connectivity index (χ1n) is 5.23. The van der Waals surface area contributed by atoms with E-state index in [4.69, 9.17) is 10.4 Å². The molecule has 1 atom stereocenters. The fourth-order valence-electron chi connectivity index (χ4n) is 1.99. The Kier molecular flexibility index (Phi) is 3.98. The number of nitrogens with zero attached hydrogens (tertiary/aromatic N) is 2. The minimum atomic E-state index is -4.73. The molecule has 0 radical (unpaired) electrons. The van der Waals surface area contributed by atoms with Crippen LogP contribution in [0.2, 0.25) is 0 Å². The number of unbranched alkanes of at least 4 members (excludes halogenated alkanes) is 1. The normalized spacial score (nSPS) is 25.8. The van der Waals surface area contributed by atoms with Crippen LogP contribution in [0.25, 0.3) is 0 Å². The van der Waals surface area contributed by atoms with Crippen molar-refractivity contribution in [2.24, 2.45) is 5.41 Å². The summed E-state index contributed by atoms with van der Waals surface area (Å²) in [5.41, 5.74) is -2.64. The highest BCUT2D eigenvalue weighted by atomic mass is 19.4. The van der Waals surface area contributed by atoms with Crippen molar-refractivity contribution in [1.82, 2.24) is 4.90 Å². The fourth-order valence-corrected chi connectivity index (χ4v) is 1.99. The largest absolute Gasteiger partial charge is 0.481 e. The molecular formula is C10H13F3N2O2. The average molecular weight is 250 g/mol. The zero-order valence-corrected chi connectivity index (χ0v) is 9.13. The van der Waals surface area contributed by atoms with Crippen molar-refractivity contribution in [3.05, 3.63) is 0 Å². The Labute approximate surface area is 96.6 Å². The van der Waals surface area contributed by atoms with E-state index in [-0.39, 0.29) is 13.0 Å². The molecule has 17 heavy (non-hydrogen) atoms. The Balaban J connectivity index is 2.67. The number of carboxylic acids is 1. The third-order valence-electron chi connectivity index (χ3n) is 3.06. The molecule has 1 aliphatic heterocycles. The van der Waals surface area contributed by atoms with E-state index in [0.717, 1.165) is 0 Å². The van der Waals surface area contributed by atoms with Gasteiger partial charge in [-0.1, -0.05) is 0 Å². The molecule has 7 heteroatoms. The molecule has 0 aromatic carbocycles. The van der Waals surface area contributed by atoms with Gasteiger partial charge in [-0.2, -0.15) is 18.4 Å². The van der Waals surface area contributed by atoms with Crippen LogP contribution in [0.5, 0.6) is 0 Å². The van der Waals surface area contributed by atoms with Gasteiger partial charge in [-0.15, -0.1) is 0 Å². The second-order valence-electron chi connectivity index (χ2n) is 4.17. The van der Waals surface area contributed by atoms with Crippen molar-refractivity contribution in [3.63, 3.8) is 0 Å². The van der Waals surface area contributed by atoms with Gasteiger partial charge in [0, 0.05) is 13.0 Å². The number of nitriles is 1. The maximum atomic E-state index is 12.8. The fraction of sp³-hybridized carbons (Fsp3) is 0.800. The summed E-state index contributed by atoms with van der Waals surface area (Å²) in [6, 6.07) is 1.90. The monoisotopic (exact) mass is 250 g/mol. The number of hydrogen-bond donors (Lipinski definition) is 1. The molecule has 0 aromatic heterocycles. The molecule has 0 aromatic rings. The van der Waals surface area contributed by atoms with Gasteiger partial charge < -0.3 is 10.0 Å². The summed E-state index contributed by atoms with van der Waals surface area (Å²) in [5.74, 6) is -1.81. The lowest BCUT2D eigenvalue weighted by Gasteiger charge is -2.27. The summed E-state index contributed by atoms with van der Waals surface area (Å²) in [6.07, 6.45) is -4.42. The third kappa shape index (κ3) is 2.69. The predicted octanol–water partition coefficient (Wildman–Crippen LogP) is 1.63. The summed E-state index contributed by atoms with van der Waals surface area (Å²) < 4.78 is 38.3. The van der Waals surface area contributed by atoms with Crippen LogP contribution in [0.1, 0.15) is 19.3 Å². The van der Waals surface area contributed by atoms with Crippen LogP contribution < -0.4 is 0 Å². The average Bonchev–Trinajstić information content (AvgIpc) is 2.63. The van der Waals surface area contributed by atoms with Gasteiger partial charge in [-0.05, 0) is 25.9 Å². The molecule has 4 nitrogen and oxygen atoms in total. The summed E-state index contributed by atoms with van der Waals surface area (Å²) in [5, 5.41) is 17.1. The second-order valence-corrected chi connectivity index (χ2v) is 4.17. The van der Waals surface area contributed by atoms with Crippen molar-refractivity contribution in [2.45, 2.75) is 25.4 Å². The van der Waals surface area contributed by atoms with Gasteiger partial charge in [0.25, 0.3) is 0 Å². The minimum absolute atomic E-state index is 0.108. The Morgan fingerprint density at radius 2 is 2.18 bits per heavy atom. The molecule has 1 fully saturated rings. The zero-order valence-electron chi connectivity index (χ0n) is 9.13. The Morgan fingerprint density at radius 1 is 1.53 bits per heavy atom. The molecular weight excluding hydrogens is 237 g/mol. The number of aliphatic carboxylic acids is 1. The lowest BCUT2D eigenvalue weighted by molar-refractivity contribution is -0.227. The van der Waals surface area contributed by atoms with Crippen LogP contribution in [0.3, 0.4) is 0 Å². The van der Waals surface area contributed by atoms with Crippen LogP contribution in [0.4, 0.5) is 13.2 Å². The smallest absolute Gasteiger partial charge is 0.406 e. The Hall–Kier alpha value is -1.29. The first-order chi connectivity index (χ1) is 7.83. The van der Waals surface area contributed by atoms with Crippen LogP contribution in [-0.4, -0.2) is 41.8 Å². The topological polar surface area (TPSA) is 64.3 Å². The molecule has 0 aliphatic carbocycles. The predicted molar refractivity (Wildman–Crippen MR) is 52.0 cm³/mol. The van der Waals surface area contributed by atoms with Crippen LogP contribution in [0.15, 0.2) is 0 Å². The van der Waals surface area contributed by atoms with Crippen molar-refractivity contribution in [2.75, 3.05) is 19.6 Å². The van der Waals surface area contributed by atoms with Crippen molar-refractivity contribution < 1.29 is 23.1 Å². The van der Waals surface area contributed by atoms with Crippen molar-refractivity contribution >= 4 is 5.97 Å². The molecule has 1 unspecified atom stereocenters. The molecule has 0 bridgehead atoms. The van der Waals surface area contributed by atoms with Crippen molar-refractivity contribution in [1.29, 1.82) is 5.26 Å². The number of alkyl halides is 3. The molecule has 1 saturated heterocycles. The van der Waals surface area contributed by atoms with Crippen LogP contribution in [0, 0.1) is 16.7 Å². The van der Waals surface area contributed by atoms with Gasteiger partial charge >= 0.3 is 12.1 Å². The highest BCUT2D eigenvalue weighted by Crippen LogP contribution is 2.45. The summed E-state index contributed by atoms with van der Waals surface area (Å²) >= 11 is 0. The van der Waals surface area contributed by atoms with Crippen LogP contribution in [-0.2, 0) is 4.79 Å². The van der Waals surface area contributed by atoms with Gasteiger partial charge in [0.1, 0.15) is 0 Å².